The number of phenols is 2. The summed E-state index contributed by atoms with van der Waals surface area (Å²) in [5.41, 5.74) is 5.09. The van der Waals surface area contributed by atoms with Crippen LogP contribution in [0.2, 0.25) is 0 Å². The third-order valence-electron chi connectivity index (χ3n) is 4.36. The molecule has 106 valence electrons. The smallest absolute Gasteiger partial charge is 0.157 e. The molecule has 3 nitrogen and oxygen atoms in total. The van der Waals surface area contributed by atoms with E-state index in [0.717, 1.165) is 24.9 Å². The van der Waals surface area contributed by atoms with Crippen molar-refractivity contribution in [3.63, 3.8) is 0 Å². The number of hydrogen-bond acceptors (Lipinski definition) is 4. The van der Waals surface area contributed by atoms with Crippen LogP contribution in [0.25, 0.3) is 0 Å². The van der Waals surface area contributed by atoms with Crippen LogP contribution >= 0.6 is 28.3 Å². The molecule has 0 saturated heterocycles. The van der Waals surface area contributed by atoms with Gasteiger partial charge in [-0.25, -0.2) is 0 Å². The number of fused-ring (bicyclic) bond motifs is 5. The highest BCUT2D eigenvalue weighted by Gasteiger charge is 2.35. The topological polar surface area (TPSA) is 52.5 Å². The van der Waals surface area contributed by atoms with E-state index in [2.05, 4.69) is 16.1 Å². The fraction of sp³-hybridized carbons (Fsp3) is 0.333. The van der Waals surface area contributed by atoms with Crippen molar-refractivity contribution in [2.24, 2.45) is 0 Å². The van der Waals surface area contributed by atoms with Crippen molar-refractivity contribution in [2.45, 2.75) is 31.3 Å². The van der Waals surface area contributed by atoms with Gasteiger partial charge in [-0.15, -0.1) is 17.0 Å². The number of halogens is 1. The van der Waals surface area contributed by atoms with Crippen LogP contribution in [0.3, 0.4) is 0 Å². The average Bonchev–Trinajstić information content (AvgIpc) is 2.88. The Kier molecular flexibility index (Phi) is 3.52. The molecule has 2 aliphatic rings. The van der Waals surface area contributed by atoms with Crippen LogP contribution in [-0.4, -0.2) is 16.3 Å². The summed E-state index contributed by atoms with van der Waals surface area (Å²) < 4.78 is 0. The van der Waals surface area contributed by atoms with Crippen molar-refractivity contribution in [2.75, 3.05) is 0 Å². The Morgan fingerprint density at radius 1 is 1.05 bits per heavy atom. The molecule has 1 aromatic heterocycles. The fourth-order valence-corrected chi connectivity index (χ4v) is 4.33. The highest BCUT2D eigenvalue weighted by Crippen LogP contribution is 2.44. The minimum absolute atomic E-state index is 0. The normalized spacial score (nSPS) is 23.2. The van der Waals surface area contributed by atoms with Crippen LogP contribution < -0.4 is 5.32 Å². The predicted octanol–water partition coefficient (Wildman–Crippen LogP) is 3.29. The molecule has 4 rings (SSSR count). The predicted molar refractivity (Wildman–Crippen MR) is 85.2 cm³/mol. The molecule has 1 aromatic carbocycles. The minimum Gasteiger partial charge on any atom is -0.504 e. The van der Waals surface area contributed by atoms with Gasteiger partial charge in [0.2, 0.25) is 0 Å². The second-order valence-electron chi connectivity index (χ2n) is 5.40. The summed E-state index contributed by atoms with van der Waals surface area (Å²) in [5.74, 6) is 0.290. The van der Waals surface area contributed by atoms with Gasteiger partial charge in [0.1, 0.15) is 0 Å². The molecule has 0 saturated carbocycles. The first kappa shape index (κ1) is 13.9. The number of phenolic OH excluding ortho intramolecular Hbond substituents is 2. The minimum atomic E-state index is -0.0123. The summed E-state index contributed by atoms with van der Waals surface area (Å²) in [7, 11) is 0. The first-order chi connectivity index (χ1) is 9.24. The van der Waals surface area contributed by atoms with Crippen LogP contribution in [0.5, 0.6) is 11.5 Å². The summed E-state index contributed by atoms with van der Waals surface area (Å²) in [6, 6.07) is 3.91. The van der Waals surface area contributed by atoms with Crippen molar-refractivity contribution < 1.29 is 10.2 Å². The number of thiophene rings is 1. The summed E-state index contributed by atoms with van der Waals surface area (Å²) >= 11 is 1.74. The molecule has 2 aromatic rings. The standard InChI is InChI=1S/C15H15NO2S.BrH/c17-13-3-8-1-2-12-15(10(8)4-14(13)18)11-7-19-6-9(11)5-16-12;/h3-4,6-7,12,15-18H,1-2,5H2;1H. The third kappa shape index (κ3) is 1.96. The van der Waals surface area contributed by atoms with E-state index in [1.54, 1.807) is 23.5 Å². The van der Waals surface area contributed by atoms with Gasteiger partial charge >= 0.3 is 0 Å². The van der Waals surface area contributed by atoms with E-state index < -0.39 is 0 Å². The quantitative estimate of drug-likeness (QED) is 0.637. The van der Waals surface area contributed by atoms with E-state index >= 15 is 0 Å². The largest absolute Gasteiger partial charge is 0.504 e. The Morgan fingerprint density at radius 3 is 2.70 bits per heavy atom. The molecule has 20 heavy (non-hydrogen) atoms. The SMILES string of the molecule is Br.Oc1cc2c(cc1O)C1c3cscc3CNC1CC2. The van der Waals surface area contributed by atoms with E-state index in [1.807, 2.05) is 0 Å². The summed E-state index contributed by atoms with van der Waals surface area (Å²) in [4.78, 5) is 0. The number of benzene rings is 1. The highest BCUT2D eigenvalue weighted by molar-refractivity contribution is 8.93. The first-order valence-electron chi connectivity index (χ1n) is 6.57. The molecule has 0 amide bonds. The Hall–Kier alpha value is -1.04. The second kappa shape index (κ2) is 5.06. The maximum absolute atomic E-state index is 9.80. The molecule has 5 heteroatoms. The molecule has 2 unspecified atom stereocenters. The van der Waals surface area contributed by atoms with Crippen molar-refractivity contribution in [3.05, 3.63) is 45.1 Å². The van der Waals surface area contributed by atoms with Crippen LogP contribution in [0.4, 0.5) is 0 Å². The van der Waals surface area contributed by atoms with Crippen molar-refractivity contribution in [1.82, 2.24) is 5.32 Å². The molecule has 1 aliphatic carbocycles. The number of aryl methyl sites for hydroxylation is 1. The summed E-state index contributed by atoms with van der Waals surface area (Å²) in [6.07, 6.45) is 2.04. The molecule has 0 radical (unpaired) electrons. The molecule has 1 aliphatic heterocycles. The van der Waals surface area contributed by atoms with Crippen molar-refractivity contribution in [1.29, 1.82) is 0 Å². The zero-order valence-electron chi connectivity index (χ0n) is 10.8. The van der Waals surface area contributed by atoms with Gasteiger partial charge in [0.15, 0.2) is 11.5 Å². The lowest BCUT2D eigenvalue weighted by Crippen LogP contribution is -2.42. The Morgan fingerprint density at radius 2 is 1.85 bits per heavy atom. The lowest BCUT2D eigenvalue weighted by atomic mass is 9.73. The van der Waals surface area contributed by atoms with Gasteiger partial charge in [-0.1, -0.05) is 0 Å². The summed E-state index contributed by atoms with van der Waals surface area (Å²) in [6.45, 7) is 0.944. The van der Waals surface area contributed by atoms with Gasteiger partial charge in [0, 0.05) is 18.5 Å². The molecule has 0 fully saturated rings. The van der Waals surface area contributed by atoms with Crippen molar-refractivity contribution in [3.8, 4) is 11.5 Å². The number of nitrogens with one attached hydrogen (secondary N) is 1. The Bertz CT molecular complexity index is 655. The van der Waals surface area contributed by atoms with Crippen LogP contribution in [-0.2, 0) is 13.0 Å². The van der Waals surface area contributed by atoms with Crippen LogP contribution in [0, 0.1) is 0 Å². The zero-order valence-corrected chi connectivity index (χ0v) is 13.3. The first-order valence-corrected chi connectivity index (χ1v) is 7.51. The van der Waals surface area contributed by atoms with E-state index in [9.17, 15) is 10.2 Å². The van der Waals surface area contributed by atoms with Gasteiger partial charge < -0.3 is 15.5 Å². The molecular weight excluding hydrogens is 338 g/mol. The fourth-order valence-electron chi connectivity index (χ4n) is 3.43. The molecule has 3 N–H and O–H groups in total. The zero-order chi connectivity index (χ0) is 13.0. The maximum Gasteiger partial charge on any atom is 0.157 e. The molecule has 2 heterocycles. The Balaban J connectivity index is 0.00000121. The monoisotopic (exact) mass is 353 g/mol. The second-order valence-corrected chi connectivity index (χ2v) is 6.14. The lowest BCUT2D eigenvalue weighted by Gasteiger charge is -2.38. The molecular formula is C15H16BrNO2S. The van der Waals surface area contributed by atoms with Crippen molar-refractivity contribution >= 4 is 28.3 Å². The Labute approximate surface area is 132 Å². The third-order valence-corrected chi connectivity index (χ3v) is 5.17. The van der Waals surface area contributed by atoms with Gasteiger partial charge in [0.05, 0.1) is 0 Å². The number of hydrogen-bond donors (Lipinski definition) is 3. The van der Waals surface area contributed by atoms with E-state index in [-0.39, 0.29) is 28.5 Å². The number of rotatable bonds is 0. The van der Waals surface area contributed by atoms with E-state index in [1.165, 1.54) is 16.7 Å². The van der Waals surface area contributed by atoms with Crippen LogP contribution in [0.1, 0.15) is 34.6 Å². The maximum atomic E-state index is 9.80. The number of aromatic hydroxyl groups is 2. The highest BCUT2D eigenvalue weighted by atomic mass is 79.9. The van der Waals surface area contributed by atoms with Gasteiger partial charge in [-0.05, 0) is 58.0 Å². The van der Waals surface area contributed by atoms with Crippen LogP contribution in [0.15, 0.2) is 22.9 Å². The average molecular weight is 354 g/mol. The van der Waals surface area contributed by atoms with Gasteiger partial charge in [-0.2, -0.15) is 11.3 Å². The molecule has 2 atom stereocenters. The van der Waals surface area contributed by atoms with E-state index in [0.29, 0.717) is 12.0 Å². The van der Waals surface area contributed by atoms with Gasteiger partial charge in [-0.3, -0.25) is 0 Å². The van der Waals surface area contributed by atoms with Gasteiger partial charge in [0.25, 0.3) is 0 Å². The summed E-state index contributed by atoms with van der Waals surface area (Å²) in [5, 5.41) is 27.5. The van der Waals surface area contributed by atoms with E-state index in [4.69, 9.17) is 0 Å². The lowest BCUT2D eigenvalue weighted by molar-refractivity contribution is 0.381. The molecule has 0 bridgehead atoms. The molecule has 0 spiro atoms.